The van der Waals surface area contributed by atoms with Crippen molar-refractivity contribution < 1.29 is 29.0 Å². The minimum Gasteiger partial charge on any atom is -0.497 e. The summed E-state index contributed by atoms with van der Waals surface area (Å²) in [5.74, 6) is -0.334. The molecule has 3 N–H and O–H groups in total. The van der Waals surface area contributed by atoms with Crippen molar-refractivity contribution in [3.05, 3.63) is 29.8 Å². The molecule has 1 aliphatic rings. The Hall–Kier alpha value is -2.26. The molecule has 1 saturated heterocycles. The maximum atomic E-state index is 12.9. The van der Waals surface area contributed by atoms with Crippen LogP contribution >= 0.6 is 11.8 Å². The van der Waals surface area contributed by atoms with Crippen molar-refractivity contribution in [1.29, 1.82) is 0 Å². The second-order valence-corrected chi connectivity index (χ2v) is 8.39. The van der Waals surface area contributed by atoms with Crippen molar-refractivity contribution in [2.45, 2.75) is 38.3 Å². The molecule has 0 radical (unpaired) electrons. The third-order valence-corrected chi connectivity index (χ3v) is 6.08. The van der Waals surface area contributed by atoms with Crippen LogP contribution in [-0.2, 0) is 14.3 Å². The predicted octanol–water partition coefficient (Wildman–Crippen LogP) is 2.01. The molecule has 9 heteroatoms. The van der Waals surface area contributed by atoms with Gasteiger partial charge in [-0.1, -0.05) is 13.3 Å². The molecule has 1 aromatic carbocycles. The molecule has 2 amide bonds. The lowest BCUT2D eigenvalue weighted by Gasteiger charge is -2.22. The van der Waals surface area contributed by atoms with E-state index in [-0.39, 0.29) is 23.7 Å². The van der Waals surface area contributed by atoms with Crippen LogP contribution in [0, 0.1) is 5.92 Å². The number of likely N-dealkylation sites (tertiary alicyclic amines) is 1. The van der Waals surface area contributed by atoms with Crippen molar-refractivity contribution in [3.63, 3.8) is 0 Å². The average Bonchev–Trinajstić information content (AvgIpc) is 3.16. The molecule has 0 spiro atoms. The Balaban J connectivity index is 1.97. The van der Waals surface area contributed by atoms with Gasteiger partial charge in [0.1, 0.15) is 11.8 Å². The number of primary amides is 1. The van der Waals surface area contributed by atoms with E-state index >= 15 is 0 Å². The van der Waals surface area contributed by atoms with Crippen LogP contribution in [0.15, 0.2) is 24.3 Å². The van der Waals surface area contributed by atoms with Crippen molar-refractivity contribution in [1.82, 2.24) is 4.90 Å². The van der Waals surface area contributed by atoms with E-state index in [4.69, 9.17) is 20.3 Å². The maximum Gasteiger partial charge on any atom is 0.313 e. The lowest BCUT2D eigenvalue weighted by atomic mass is 10.1. The van der Waals surface area contributed by atoms with Gasteiger partial charge in [-0.15, -0.1) is 11.8 Å². The van der Waals surface area contributed by atoms with Crippen molar-refractivity contribution in [2.75, 3.05) is 31.8 Å². The molecule has 1 unspecified atom stereocenters. The number of thioether (sulfide) groups is 1. The number of hydrogen-bond acceptors (Lipinski definition) is 6. The summed E-state index contributed by atoms with van der Waals surface area (Å²) < 4.78 is 11.1. The highest BCUT2D eigenvalue weighted by molar-refractivity contribution is 7.99. The Kier molecular flexibility index (Phi) is 9.45. The quantitative estimate of drug-likeness (QED) is 0.512. The Morgan fingerprint density at radius 3 is 2.57 bits per heavy atom. The number of amides is 2. The van der Waals surface area contributed by atoms with Crippen LogP contribution in [-0.4, -0.2) is 71.7 Å². The second kappa shape index (κ2) is 11.8. The number of methoxy groups -OCH3 is 1. The van der Waals surface area contributed by atoms with Crippen LogP contribution in [0.3, 0.4) is 0 Å². The minimum absolute atomic E-state index is 0.00599. The van der Waals surface area contributed by atoms with E-state index in [0.29, 0.717) is 36.6 Å². The fourth-order valence-corrected chi connectivity index (χ4v) is 4.34. The minimum atomic E-state index is -0.844. The Labute approximate surface area is 181 Å². The number of carbonyl (C=O) groups excluding carboxylic acids is 2. The Morgan fingerprint density at radius 1 is 1.30 bits per heavy atom. The number of hydrogen-bond donors (Lipinski definition) is 2. The van der Waals surface area contributed by atoms with Crippen LogP contribution in [0.1, 0.15) is 36.5 Å². The van der Waals surface area contributed by atoms with Crippen LogP contribution in [0.2, 0.25) is 0 Å². The summed E-state index contributed by atoms with van der Waals surface area (Å²) in [5.41, 5.74) is 6.03. The first-order chi connectivity index (χ1) is 14.3. The van der Waals surface area contributed by atoms with Gasteiger partial charge in [-0.3, -0.25) is 14.4 Å². The fourth-order valence-electron chi connectivity index (χ4n) is 3.52. The van der Waals surface area contributed by atoms with Crippen LogP contribution in [0.5, 0.6) is 5.75 Å². The highest BCUT2D eigenvalue weighted by atomic mass is 32.2. The third kappa shape index (κ3) is 6.91. The molecule has 0 aliphatic carbocycles. The summed E-state index contributed by atoms with van der Waals surface area (Å²) in [6.45, 7) is 2.83. The van der Waals surface area contributed by atoms with Gasteiger partial charge < -0.3 is 25.2 Å². The second-order valence-electron chi connectivity index (χ2n) is 7.36. The standard InChI is InChI=1S/C21H30N2O6S/c1-3-4-17(12-30-13-19(24)25)29-11-14-9-18(20(22)26)23(10-14)21(27)15-5-7-16(28-2)8-6-15/h5-8,14,17-18H,3-4,9-13H2,1-2H3,(H2,22,26)(H,24,25)/t14?,17-,18-/m0/s1. The molecule has 8 nitrogen and oxygen atoms in total. The van der Waals surface area contributed by atoms with Gasteiger partial charge in [0.05, 0.1) is 25.6 Å². The van der Waals surface area contributed by atoms with Gasteiger partial charge in [0.15, 0.2) is 0 Å². The van der Waals surface area contributed by atoms with Gasteiger partial charge in [-0.2, -0.15) is 0 Å². The number of carboxylic acids is 1. The highest BCUT2D eigenvalue weighted by Crippen LogP contribution is 2.27. The summed E-state index contributed by atoms with van der Waals surface area (Å²) in [5, 5.41) is 8.79. The van der Waals surface area contributed by atoms with E-state index in [1.807, 2.05) is 6.92 Å². The van der Waals surface area contributed by atoms with Crippen molar-refractivity contribution >= 4 is 29.5 Å². The molecular formula is C21H30N2O6S. The SMILES string of the molecule is CCC[C@@H](CSCC(=O)O)OCC1C[C@@H](C(N)=O)N(C(=O)c2ccc(OC)cc2)C1. The molecule has 166 valence electrons. The molecule has 2 rings (SSSR count). The van der Waals surface area contributed by atoms with E-state index in [9.17, 15) is 14.4 Å². The molecular weight excluding hydrogens is 408 g/mol. The molecule has 3 atom stereocenters. The summed E-state index contributed by atoms with van der Waals surface area (Å²) in [6, 6.07) is 6.07. The zero-order chi connectivity index (χ0) is 22.1. The third-order valence-electron chi connectivity index (χ3n) is 5.02. The smallest absolute Gasteiger partial charge is 0.313 e. The van der Waals surface area contributed by atoms with Gasteiger partial charge in [-0.05, 0) is 37.1 Å². The lowest BCUT2D eigenvalue weighted by molar-refractivity contribution is -0.134. The maximum absolute atomic E-state index is 12.9. The van der Waals surface area contributed by atoms with Gasteiger partial charge in [0, 0.05) is 23.8 Å². The average molecular weight is 439 g/mol. The molecule has 0 bridgehead atoms. The summed E-state index contributed by atoms with van der Waals surface area (Å²) in [6.07, 6.45) is 2.15. The molecule has 1 fully saturated rings. The van der Waals surface area contributed by atoms with E-state index in [2.05, 4.69) is 0 Å². The van der Waals surface area contributed by atoms with Crippen molar-refractivity contribution in [3.8, 4) is 5.75 Å². The number of nitrogens with zero attached hydrogens (tertiary/aromatic N) is 1. The van der Waals surface area contributed by atoms with Crippen LogP contribution < -0.4 is 10.5 Å². The first-order valence-corrected chi connectivity index (χ1v) is 11.2. The number of carboxylic acid groups (broad SMARTS) is 1. The first kappa shape index (κ1) is 24.0. The monoisotopic (exact) mass is 438 g/mol. The number of ether oxygens (including phenoxy) is 2. The predicted molar refractivity (Wildman–Crippen MR) is 115 cm³/mol. The normalized spacial score (nSPS) is 19.5. The Morgan fingerprint density at radius 2 is 2.00 bits per heavy atom. The number of carbonyl (C=O) groups is 3. The molecule has 0 saturated carbocycles. The molecule has 0 aromatic heterocycles. The number of rotatable bonds is 12. The molecule has 1 heterocycles. The van der Waals surface area contributed by atoms with E-state index in [1.165, 1.54) is 16.7 Å². The van der Waals surface area contributed by atoms with Gasteiger partial charge >= 0.3 is 5.97 Å². The van der Waals surface area contributed by atoms with E-state index in [0.717, 1.165) is 12.8 Å². The van der Waals surface area contributed by atoms with Gasteiger partial charge in [0.2, 0.25) is 5.91 Å². The zero-order valence-corrected chi connectivity index (χ0v) is 18.2. The van der Waals surface area contributed by atoms with Gasteiger partial charge in [-0.25, -0.2) is 0 Å². The van der Waals surface area contributed by atoms with Crippen LogP contribution in [0.4, 0.5) is 0 Å². The topological polar surface area (TPSA) is 119 Å². The molecule has 30 heavy (non-hydrogen) atoms. The highest BCUT2D eigenvalue weighted by Gasteiger charge is 2.39. The van der Waals surface area contributed by atoms with Gasteiger partial charge in [0.25, 0.3) is 5.91 Å². The van der Waals surface area contributed by atoms with E-state index < -0.39 is 17.9 Å². The summed E-state index contributed by atoms with van der Waals surface area (Å²) in [4.78, 5) is 37.1. The zero-order valence-electron chi connectivity index (χ0n) is 17.4. The fraction of sp³-hybridized carbons (Fsp3) is 0.571. The largest absolute Gasteiger partial charge is 0.497 e. The summed E-state index contributed by atoms with van der Waals surface area (Å²) >= 11 is 1.33. The number of nitrogens with two attached hydrogens (primary N) is 1. The summed E-state index contributed by atoms with van der Waals surface area (Å²) in [7, 11) is 1.55. The molecule has 1 aromatic rings. The Bertz CT molecular complexity index is 727. The van der Waals surface area contributed by atoms with Crippen LogP contribution in [0.25, 0.3) is 0 Å². The van der Waals surface area contributed by atoms with E-state index in [1.54, 1.807) is 31.4 Å². The molecule has 1 aliphatic heterocycles. The lowest BCUT2D eigenvalue weighted by Crippen LogP contribution is -2.43. The van der Waals surface area contributed by atoms with Crippen molar-refractivity contribution in [2.24, 2.45) is 11.7 Å². The number of benzene rings is 1. The number of aliphatic carboxylic acids is 1. The first-order valence-electron chi connectivity index (χ1n) is 10.0.